The Morgan fingerprint density at radius 1 is 1.25 bits per heavy atom. The fraction of sp³-hybridized carbons (Fsp3) is 0.333. The largest absolute Gasteiger partial charge is 0.496 e. The summed E-state index contributed by atoms with van der Waals surface area (Å²) < 4.78 is 7.73. The lowest BCUT2D eigenvalue weighted by Crippen LogP contribution is -2.23. The van der Waals surface area contributed by atoms with E-state index in [4.69, 9.17) is 4.74 Å². The SMILES string of the molecule is CCCNC(c1ccc(Br)s1)c1cc(Br)ccc1OC. The number of methoxy groups -OCH3 is 1. The summed E-state index contributed by atoms with van der Waals surface area (Å²) in [6, 6.07) is 10.5. The molecule has 1 aromatic heterocycles. The summed E-state index contributed by atoms with van der Waals surface area (Å²) in [4.78, 5) is 1.28. The molecule has 1 N–H and O–H groups in total. The van der Waals surface area contributed by atoms with E-state index in [1.165, 1.54) is 4.88 Å². The number of rotatable bonds is 6. The number of nitrogens with one attached hydrogen (secondary N) is 1. The summed E-state index contributed by atoms with van der Waals surface area (Å²) in [5.41, 5.74) is 1.16. The van der Waals surface area contributed by atoms with Gasteiger partial charge in [0, 0.05) is 14.9 Å². The van der Waals surface area contributed by atoms with E-state index in [1.807, 2.05) is 12.1 Å². The monoisotopic (exact) mass is 417 g/mol. The molecule has 2 aromatic rings. The Labute approximate surface area is 140 Å². The standard InChI is InChI=1S/C15H17Br2NOS/c1-3-8-18-15(13-6-7-14(17)20-13)11-9-10(16)4-5-12(11)19-2/h4-7,9,15,18H,3,8H2,1-2H3. The van der Waals surface area contributed by atoms with E-state index < -0.39 is 0 Å². The van der Waals surface area contributed by atoms with Gasteiger partial charge in [-0.2, -0.15) is 0 Å². The molecule has 0 aliphatic rings. The first kappa shape index (κ1) is 16.0. The van der Waals surface area contributed by atoms with Crippen LogP contribution in [0.25, 0.3) is 0 Å². The number of benzene rings is 1. The van der Waals surface area contributed by atoms with Gasteiger partial charge in [-0.15, -0.1) is 11.3 Å². The molecular weight excluding hydrogens is 402 g/mol. The first-order valence-corrected chi connectivity index (χ1v) is 8.88. The van der Waals surface area contributed by atoms with Gasteiger partial charge < -0.3 is 10.1 Å². The molecule has 0 saturated carbocycles. The second kappa shape index (κ2) is 7.59. The molecule has 0 radical (unpaired) electrons. The zero-order valence-electron chi connectivity index (χ0n) is 11.5. The van der Waals surface area contributed by atoms with E-state index in [0.717, 1.165) is 32.5 Å². The quantitative estimate of drug-likeness (QED) is 0.680. The van der Waals surface area contributed by atoms with Crippen molar-refractivity contribution in [3.05, 3.63) is 49.0 Å². The minimum absolute atomic E-state index is 0.152. The smallest absolute Gasteiger partial charge is 0.124 e. The number of hydrogen-bond donors (Lipinski definition) is 1. The van der Waals surface area contributed by atoms with Crippen LogP contribution in [-0.4, -0.2) is 13.7 Å². The van der Waals surface area contributed by atoms with Crippen molar-refractivity contribution in [2.45, 2.75) is 19.4 Å². The van der Waals surface area contributed by atoms with Gasteiger partial charge in [-0.25, -0.2) is 0 Å². The number of thiophene rings is 1. The zero-order chi connectivity index (χ0) is 14.5. The van der Waals surface area contributed by atoms with E-state index in [2.05, 4.69) is 62.3 Å². The Morgan fingerprint density at radius 3 is 2.65 bits per heavy atom. The molecule has 0 saturated heterocycles. The van der Waals surface area contributed by atoms with Gasteiger partial charge in [0.1, 0.15) is 5.75 Å². The van der Waals surface area contributed by atoms with Crippen LogP contribution < -0.4 is 10.1 Å². The van der Waals surface area contributed by atoms with Crippen molar-refractivity contribution in [1.82, 2.24) is 5.32 Å². The van der Waals surface area contributed by atoms with Crippen LogP contribution in [0, 0.1) is 0 Å². The highest BCUT2D eigenvalue weighted by Crippen LogP contribution is 2.36. The summed E-state index contributed by atoms with van der Waals surface area (Å²) in [6.07, 6.45) is 1.10. The number of halogens is 2. The van der Waals surface area contributed by atoms with Crippen LogP contribution in [0.4, 0.5) is 0 Å². The molecule has 0 spiro atoms. The minimum Gasteiger partial charge on any atom is -0.496 e. The van der Waals surface area contributed by atoms with Gasteiger partial charge in [0.25, 0.3) is 0 Å². The maximum atomic E-state index is 5.52. The van der Waals surface area contributed by atoms with Crippen LogP contribution in [0.5, 0.6) is 5.75 Å². The van der Waals surface area contributed by atoms with Crippen LogP contribution in [0.2, 0.25) is 0 Å². The third kappa shape index (κ3) is 3.85. The van der Waals surface area contributed by atoms with Crippen LogP contribution in [-0.2, 0) is 0 Å². The second-order valence-electron chi connectivity index (χ2n) is 4.42. The van der Waals surface area contributed by atoms with Gasteiger partial charge in [-0.1, -0.05) is 22.9 Å². The molecule has 0 aliphatic carbocycles. The summed E-state index contributed by atoms with van der Waals surface area (Å²) in [7, 11) is 1.72. The highest BCUT2D eigenvalue weighted by atomic mass is 79.9. The predicted molar refractivity (Wildman–Crippen MR) is 92.8 cm³/mol. The molecule has 20 heavy (non-hydrogen) atoms. The lowest BCUT2D eigenvalue weighted by atomic mass is 10.0. The Kier molecular flexibility index (Phi) is 6.08. The fourth-order valence-corrected chi connectivity index (χ4v) is 3.96. The highest BCUT2D eigenvalue weighted by molar-refractivity contribution is 9.11. The summed E-state index contributed by atoms with van der Waals surface area (Å²) in [5.74, 6) is 0.909. The lowest BCUT2D eigenvalue weighted by molar-refractivity contribution is 0.404. The Bertz CT molecular complexity index is 571. The zero-order valence-corrected chi connectivity index (χ0v) is 15.4. The van der Waals surface area contributed by atoms with Crippen molar-refractivity contribution in [3.63, 3.8) is 0 Å². The van der Waals surface area contributed by atoms with Crippen LogP contribution in [0.3, 0.4) is 0 Å². The Hall–Kier alpha value is -0.360. The first-order valence-electron chi connectivity index (χ1n) is 6.47. The first-order chi connectivity index (χ1) is 9.65. The molecule has 0 bridgehead atoms. The van der Waals surface area contributed by atoms with Crippen molar-refractivity contribution >= 4 is 43.2 Å². The average molecular weight is 419 g/mol. The average Bonchev–Trinajstić information content (AvgIpc) is 2.86. The second-order valence-corrected chi connectivity index (χ2v) is 7.83. The van der Waals surface area contributed by atoms with Gasteiger partial charge in [0.2, 0.25) is 0 Å². The van der Waals surface area contributed by atoms with Gasteiger partial charge in [-0.3, -0.25) is 0 Å². The molecule has 0 aliphatic heterocycles. The van der Waals surface area contributed by atoms with Gasteiger partial charge in [0.05, 0.1) is 16.9 Å². The third-order valence-corrected chi connectivity index (χ3v) is 5.16. The van der Waals surface area contributed by atoms with Crippen molar-refractivity contribution in [2.24, 2.45) is 0 Å². The topological polar surface area (TPSA) is 21.3 Å². The maximum Gasteiger partial charge on any atom is 0.124 e. The van der Waals surface area contributed by atoms with Gasteiger partial charge in [-0.05, 0) is 59.2 Å². The minimum atomic E-state index is 0.152. The van der Waals surface area contributed by atoms with Crippen molar-refractivity contribution in [2.75, 3.05) is 13.7 Å². The molecule has 5 heteroatoms. The van der Waals surface area contributed by atoms with Crippen LogP contribution in [0.1, 0.15) is 29.8 Å². The fourth-order valence-electron chi connectivity index (χ4n) is 2.07. The summed E-state index contributed by atoms with van der Waals surface area (Å²) >= 11 is 8.84. The normalized spacial score (nSPS) is 12.4. The number of ether oxygens (including phenoxy) is 1. The molecule has 2 rings (SSSR count). The predicted octanol–water partition coefficient (Wildman–Crippen LogP) is 5.37. The van der Waals surface area contributed by atoms with Crippen LogP contribution in [0.15, 0.2) is 38.6 Å². The molecule has 1 heterocycles. The number of hydrogen-bond acceptors (Lipinski definition) is 3. The van der Waals surface area contributed by atoms with E-state index in [1.54, 1.807) is 18.4 Å². The highest BCUT2D eigenvalue weighted by Gasteiger charge is 2.19. The van der Waals surface area contributed by atoms with Crippen molar-refractivity contribution < 1.29 is 4.74 Å². The summed E-state index contributed by atoms with van der Waals surface area (Å²) in [5, 5.41) is 3.61. The molecular formula is C15H17Br2NOS. The molecule has 1 atom stereocenters. The van der Waals surface area contributed by atoms with E-state index in [-0.39, 0.29) is 6.04 Å². The maximum absolute atomic E-state index is 5.52. The Balaban J connectivity index is 2.42. The van der Waals surface area contributed by atoms with Gasteiger partial charge in [0.15, 0.2) is 0 Å². The summed E-state index contributed by atoms with van der Waals surface area (Å²) in [6.45, 7) is 3.14. The van der Waals surface area contributed by atoms with E-state index in [9.17, 15) is 0 Å². The molecule has 0 fully saturated rings. The molecule has 2 nitrogen and oxygen atoms in total. The lowest BCUT2D eigenvalue weighted by Gasteiger charge is -2.20. The molecule has 1 unspecified atom stereocenters. The van der Waals surface area contributed by atoms with E-state index in [0.29, 0.717) is 0 Å². The molecule has 0 amide bonds. The molecule has 108 valence electrons. The molecule has 1 aromatic carbocycles. The van der Waals surface area contributed by atoms with Crippen molar-refractivity contribution in [1.29, 1.82) is 0 Å². The Morgan fingerprint density at radius 2 is 2.05 bits per heavy atom. The van der Waals surface area contributed by atoms with Crippen molar-refractivity contribution in [3.8, 4) is 5.75 Å². The van der Waals surface area contributed by atoms with Gasteiger partial charge >= 0.3 is 0 Å². The third-order valence-electron chi connectivity index (χ3n) is 2.98. The van der Waals surface area contributed by atoms with Crippen LogP contribution >= 0.6 is 43.2 Å². The van der Waals surface area contributed by atoms with E-state index >= 15 is 0 Å².